The normalized spacial score (nSPS) is 10.7. The zero-order valence-corrected chi connectivity index (χ0v) is 19.5. The molecule has 0 radical (unpaired) electrons. The number of nitrogens with zero attached hydrogens (tertiary/aromatic N) is 1. The lowest BCUT2D eigenvalue weighted by Gasteiger charge is -2.14. The van der Waals surface area contributed by atoms with Crippen LogP contribution in [0, 0.1) is 0 Å². The highest BCUT2D eigenvalue weighted by molar-refractivity contribution is 14.0. The minimum Gasteiger partial charge on any atom is -0.494 e. The summed E-state index contributed by atoms with van der Waals surface area (Å²) in [5.74, 6) is 1.38. The Morgan fingerprint density at radius 3 is 2.45 bits per heavy atom. The average molecular weight is 533 g/mol. The smallest absolute Gasteiger partial charge is 0.251 e. The number of nitrogens with two attached hydrogens (primary N) is 1. The van der Waals surface area contributed by atoms with E-state index in [0.717, 1.165) is 0 Å². The largest absolute Gasteiger partial charge is 0.494 e. The summed E-state index contributed by atoms with van der Waals surface area (Å²) in [7, 11) is 0. The molecule has 0 aliphatic rings. The summed E-state index contributed by atoms with van der Waals surface area (Å²) < 4.78 is 11.1. The van der Waals surface area contributed by atoms with Crippen molar-refractivity contribution in [2.24, 2.45) is 10.7 Å². The molecule has 158 valence electrons. The van der Waals surface area contributed by atoms with Crippen molar-refractivity contribution >= 4 is 53.1 Å². The highest BCUT2D eigenvalue weighted by atomic mass is 127. The minimum absolute atomic E-state index is 0. The molecular weight excluding hydrogens is 507 g/mol. The van der Waals surface area contributed by atoms with E-state index in [-0.39, 0.29) is 35.8 Å². The van der Waals surface area contributed by atoms with Gasteiger partial charge in [-0.25, -0.2) is 0 Å². The molecule has 0 saturated heterocycles. The second-order valence-corrected chi connectivity index (χ2v) is 6.12. The lowest BCUT2D eigenvalue weighted by molar-refractivity contribution is 0.0955. The fraction of sp³-hybridized carbons (Fsp3) is 0.300. The first kappa shape index (κ1) is 24.8. The van der Waals surface area contributed by atoms with Crippen molar-refractivity contribution in [1.29, 1.82) is 0 Å². The molecule has 0 spiro atoms. The van der Waals surface area contributed by atoms with E-state index in [1.165, 1.54) is 0 Å². The molecule has 0 bridgehead atoms. The topological polar surface area (TPSA) is 98.0 Å². The van der Waals surface area contributed by atoms with Crippen LogP contribution >= 0.6 is 35.6 Å². The Kier molecular flexibility index (Phi) is 11.2. The van der Waals surface area contributed by atoms with Gasteiger partial charge >= 0.3 is 0 Å². The van der Waals surface area contributed by atoms with Crippen molar-refractivity contribution in [1.82, 2.24) is 5.32 Å². The minimum atomic E-state index is -0.193. The van der Waals surface area contributed by atoms with Gasteiger partial charge in [0.2, 0.25) is 0 Å². The maximum absolute atomic E-state index is 12.0. The van der Waals surface area contributed by atoms with Crippen molar-refractivity contribution < 1.29 is 14.3 Å². The number of hydrogen-bond acceptors (Lipinski definition) is 4. The van der Waals surface area contributed by atoms with E-state index in [2.05, 4.69) is 15.6 Å². The number of ether oxygens (including phenoxy) is 2. The van der Waals surface area contributed by atoms with Crippen LogP contribution in [0.25, 0.3) is 0 Å². The highest BCUT2D eigenvalue weighted by Crippen LogP contribution is 2.29. The van der Waals surface area contributed by atoms with Crippen LogP contribution in [0.3, 0.4) is 0 Å². The first-order valence-corrected chi connectivity index (χ1v) is 9.41. The Morgan fingerprint density at radius 1 is 1.10 bits per heavy atom. The lowest BCUT2D eigenvalue weighted by Crippen LogP contribution is -2.28. The van der Waals surface area contributed by atoms with E-state index < -0.39 is 0 Å². The van der Waals surface area contributed by atoms with Gasteiger partial charge in [0, 0.05) is 23.2 Å². The third kappa shape index (κ3) is 8.36. The zero-order chi connectivity index (χ0) is 20.4. The Bertz CT molecular complexity index is 816. The molecule has 9 heteroatoms. The molecule has 0 fully saturated rings. The Balaban J connectivity index is 0.00000420. The number of amides is 1. The molecule has 0 saturated carbocycles. The Morgan fingerprint density at radius 2 is 1.79 bits per heavy atom. The van der Waals surface area contributed by atoms with Gasteiger partial charge in [0.1, 0.15) is 11.5 Å². The number of hydrogen-bond donors (Lipinski definition) is 3. The van der Waals surface area contributed by atoms with E-state index in [4.69, 9.17) is 26.8 Å². The van der Waals surface area contributed by atoms with Gasteiger partial charge in [-0.2, -0.15) is 0 Å². The highest BCUT2D eigenvalue weighted by Gasteiger charge is 2.07. The zero-order valence-electron chi connectivity index (χ0n) is 16.4. The molecule has 7 nitrogen and oxygen atoms in total. The fourth-order valence-corrected chi connectivity index (χ4v) is 2.50. The number of halogens is 2. The summed E-state index contributed by atoms with van der Waals surface area (Å²) in [6.07, 6.45) is 0. The third-order valence-electron chi connectivity index (χ3n) is 3.61. The van der Waals surface area contributed by atoms with Gasteiger partial charge in [0.15, 0.2) is 5.96 Å². The van der Waals surface area contributed by atoms with Crippen molar-refractivity contribution in [3.05, 3.63) is 53.1 Å². The van der Waals surface area contributed by atoms with Crippen molar-refractivity contribution in [2.75, 3.05) is 31.6 Å². The summed E-state index contributed by atoms with van der Waals surface area (Å²) in [4.78, 5) is 16.3. The van der Waals surface area contributed by atoms with Gasteiger partial charge in [0.05, 0.1) is 25.4 Å². The summed E-state index contributed by atoms with van der Waals surface area (Å²) in [5, 5.41) is 6.38. The second-order valence-electron chi connectivity index (χ2n) is 5.68. The second kappa shape index (κ2) is 13.1. The number of carbonyl (C=O) groups excluding carboxylic acids is 1. The van der Waals surface area contributed by atoms with Gasteiger partial charge in [-0.05, 0) is 50.2 Å². The molecule has 1 amide bonds. The molecule has 0 unspecified atom stereocenters. The van der Waals surface area contributed by atoms with Crippen LogP contribution in [0.5, 0.6) is 11.5 Å². The van der Waals surface area contributed by atoms with Crippen LogP contribution in [0.2, 0.25) is 5.02 Å². The summed E-state index contributed by atoms with van der Waals surface area (Å²) in [6.45, 7) is 5.58. The van der Waals surface area contributed by atoms with Gasteiger partial charge in [-0.1, -0.05) is 11.6 Å². The van der Waals surface area contributed by atoms with E-state index in [9.17, 15) is 4.79 Å². The fourth-order valence-electron chi connectivity index (χ4n) is 2.37. The number of aliphatic imine (C=N–C) groups is 1. The SMILES string of the molecule is CCOc1ccc(OCC)c(NC(N)=NCCNC(=O)c2ccc(Cl)cc2)c1.I. The Labute approximate surface area is 193 Å². The quantitative estimate of drug-likeness (QED) is 0.197. The molecule has 4 N–H and O–H groups in total. The summed E-state index contributed by atoms with van der Waals surface area (Å²) in [6, 6.07) is 12.1. The van der Waals surface area contributed by atoms with Crippen molar-refractivity contribution in [2.45, 2.75) is 13.8 Å². The average Bonchev–Trinajstić information content (AvgIpc) is 2.68. The molecule has 29 heavy (non-hydrogen) atoms. The van der Waals surface area contributed by atoms with Crippen LogP contribution in [-0.4, -0.2) is 38.2 Å². The number of guanidine groups is 1. The maximum Gasteiger partial charge on any atom is 0.251 e. The van der Waals surface area contributed by atoms with Gasteiger partial charge in [-0.15, -0.1) is 24.0 Å². The molecule has 2 aromatic rings. The van der Waals surface area contributed by atoms with Gasteiger partial charge in [-0.3, -0.25) is 9.79 Å². The molecule has 2 rings (SSSR count). The molecule has 0 aliphatic heterocycles. The third-order valence-corrected chi connectivity index (χ3v) is 3.86. The van der Waals surface area contributed by atoms with Gasteiger partial charge < -0.3 is 25.8 Å². The van der Waals surface area contributed by atoms with E-state index in [1.807, 2.05) is 26.0 Å². The molecule has 0 aliphatic carbocycles. The first-order valence-electron chi connectivity index (χ1n) is 9.03. The number of anilines is 1. The van der Waals surface area contributed by atoms with Crippen molar-refractivity contribution in [3.8, 4) is 11.5 Å². The number of carbonyl (C=O) groups is 1. The Hall–Kier alpha value is -2.20. The predicted molar refractivity (Wildman–Crippen MR) is 128 cm³/mol. The molecular formula is C20H26ClIN4O3. The number of nitrogens with one attached hydrogen (secondary N) is 2. The maximum atomic E-state index is 12.0. The van der Waals surface area contributed by atoms with E-state index in [0.29, 0.717) is 54.1 Å². The van der Waals surface area contributed by atoms with Crippen molar-refractivity contribution in [3.63, 3.8) is 0 Å². The van der Waals surface area contributed by atoms with E-state index in [1.54, 1.807) is 30.3 Å². The molecule has 0 aromatic heterocycles. The van der Waals surface area contributed by atoms with Crippen LogP contribution in [0.4, 0.5) is 5.69 Å². The summed E-state index contributed by atoms with van der Waals surface area (Å²) in [5.41, 5.74) is 7.16. The predicted octanol–water partition coefficient (Wildman–Crippen LogP) is 3.91. The standard InChI is InChI=1S/C20H25ClN4O3.HI/c1-3-27-16-9-10-18(28-4-2)17(13-16)25-20(22)24-12-11-23-19(26)14-5-7-15(21)8-6-14;/h5-10,13H,3-4,11-12H2,1-2H3,(H,23,26)(H3,22,24,25);1H. The van der Waals surface area contributed by atoms with Crippen LogP contribution in [0.15, 0.2) is 47.5 Å². The molecule has 0 atom stereocenters. The molecule has 0 heterocycles. The van der Waals surface area contributed by atoms with Gasteiger partial charge in [0.25, 0.3) is 5.91 Å². The number of rotatable bonds is 9. The number of benzene rings is 2. The monoisotopic (exact) mass is 532 g/mol. The lowest BCUT2D eigenvalue weighted by atomic mass is 10.2. The molecule has 2 aromatic carbocycles. The van der Waals surface area contributed by atoms with Crippen LogP contribution in [-0.2, 0) is 0 Å². The summed E-state index contributed by atoms with van der Waals surface area (Å²) >= 11 is 5.82. The van der Waals surface area contributed by atoms with Crippen LogP contribution in [0.1, 0.15) is 24.2 Å². The van der Waals surface area contributed by atoms with E-state index >= 15 is 0 Å². The first-order chi connectivity index (χ1) is 13.5. The van der Waals surface area contributed by atoms with Crippen LogP contribution < -0.4 is 25.8 Å².